The zero-order valence-corrected chi connectivity index (χ0v) is 13.5. The van der Waals surface area contributed by atoms with Gasteiger partial charge in [0.15, 0.2) is 0 Å². The summed E-state index contributed by atoms with van der Waals surface area (Å²) in [6.07, 6.45) is 1.84. The predicted molar refractivity (Wildman–Crippen MR) is 84.9 cm³/mol. The molecule has 0 fully saturated rings. The third-order valence-electron chi connectivity index (χ3n) is 3.30. The molecule has 0 saturated heterocycles. The van der Waals surface area contributed by atoms with E-state index in [0.29, 0.717) is 6.54 Å². The Balaban J connectivity index is 2.32. The highest BCUT2D eigenvalue weighted by Gasteiger charge is 2.25. The fourth-order valence-electron chi connectivity index (χ4n) is 2.19. The van der Waals surface area contributed by atoms with Gasteiger partial charge in [-0.2, -0.15) is 0 Å². The third kappa shape index (κ3) is 6.43. The summed E-state index contributed by atoms with van der Waals surface area (Å²) < 4.78 is 0. The topological polar surface area (TPSA) is 49.4 Å². The number of nitrogens with zero attached hydrogens (tertiary/aromatic N) is 1. The third-order valence-corrected chi connectivity index (χ3v) is 3.30. The van der Waals surface area contributed by atoms with E-state index in [1.807, 2.05) is 39.0 Å². The van der Waals surface area contributed by atoms with Gasteiger partial charge in [-0.25, -0.2) is 0 Å². The van der Waals surface area contributed by atoms with Gasteiger partial charge in [0.2, 0.25) is 11.8 Å². The molecule has 4 heteroatoms. The summed E-state index contributed by atoms with van der Waals surface area (Å²) in [7, 11) is 0. The van der Waals surface area contributed by atoms with E-state index < -0.39 is 0 Å². The molecule has 0 aliphatic heterocycles. The molecule has 2 amide bonds. The molecule has 0 saturated carbocycles. The average molecular weight is 290 g/mol. The largest absolute Gasteiger partial charge is 0.355 e. The lowest BCUT2D eigenvalue weighted by Gasteiger charge is -2.34. The highest BCUT2D eigenvalue weighted by Crippen LogP contribution is 2.12. The summed E-state index contributed by atoms with van der Waals surface area (Å²) in [6, 6.07) is 10.2. The van der Waals surface area contributed by atoms with E-state index in [-0.39, 0.29) is 23.9 Å². The van der Waals surface area contributed by atoms with Crippen LogP contribution in [0.2, 0.25) is 0 Å². The first-order chi connectivity index (χ1) is 9.80. The molecular formula is C17H26N2O2. The normalized spacial score (nSPS) is 11.0. The molecule has 0 aromatic heterocycles. The monoisotopic (exact) mass is 290 g/mol. The van der Waals surface area contributed by atoms with Gasteiger partial charge in [0, 0.05) is 19.0 Å². The van der Waals surface area contributed by atoms with Gasteiger partial charge in [-0.05, 0) is 39.2 Å². The van der Waals surface area contributed by atoms with Crippen LogP contribution in [-0.2, 0) is 16.0 Å². The van der Waals surface area contributed by atoms with Crippen molar-refractivity contribution in [2.75, 3.05) is 13.1 Å². The van der Waals surface area contributed by atoms with Crippen LogP contribution in [0.4, 0.5) is 0 Å². The molecule has 1 N–H and O–H groups in total. The van der Waals surface area contributed by atoms with Gasteiger partial charge in [-0.15, -0.1) is 0 Å². The van der Waals surface area contributed by atoms with Crippen LogP contribution >= 0.6 is 0 Å². The van der Waals surface area contributed by atoms with Crippen molar-refractivity contribution in [3.05, 3.63) is 35.9 Å². The predicted octanol–water partition coefficient (Wildman–Crippen LogP) is 2.38. The second-order valence-corrected chi connectivity index (χ2v) is 6.22. The highest BCUT2D eigenvalue weighted by atomic mass is 16.2. The molecule has 116 valence electrons. The van der Waals surface area contributed by atoms with E-state index >= 15 is 0 Å². The Morgan fingerprint density at radius 3 is 2.29 bits per heavy atom. The van der Waals surface area contributed by atoms with Crippen LogP contribution in [0, 0.1) is 0 Å². The Kier molecular flexibility index (Phi) is 6.40. The number of aryl methyl sites for hydroxylation is 1. The van der Waals surface area contributed by atoms with Gasteiger partial charge >= 0.3 is 0 Å². The molecule has 4 nitrogen and oxygen atoms in total. The smallest absolute Gasteiger partial charge is 0.239 e. The maximum Gasteiger partial charge on any atom is 0.239 e. The van der Waals surface area contributed by atoms with Crippen LogP contribution in [0.25, 0.3) is 0 Å². The van der Waals surface area contributed by atoms with E-state index in [1.54, 1.807) is 4.90 Å². The van der Waals surface area contributed by atoms with Gasteiger partial charge in [-0.1, -0.05) is 30.3 Å². The average Bonchev–Trinajstić information content (AvgIpc) is 2.40. The zero-order valence-electron chi connectivity index (χ0n) is 13.5. The summed E-state index contributed by atoms with van der Waals surface area (Å²) in [5.41, 5.74) is 0.930. The summed E-state index contributed by atoms with van der Waals surface area (Å²) >= 11 is 0. The van der Waals surface area contributed by atoms with E-state index in [9.17, 15) is 9.59 Å². The first kappa shape index (κ1) is 17.2. The van der Waals surface area contributed by atoms with E-state index in [2.05, 4.69) is 17.4 Å². The number of carbonyl (C=O) groups is 2. The molecular weight excluding hydrogens is 264 g/mol. The number of rotatable bonds is 6. The molecule has 0 aliphatic rings. The maximum atomic E-state index is 11.9. The van der Waals surface area contributed by atoms with Gasteiger partial charge in [0.25, 0.3) is 0 Å². The lowest BCUT2D eigenvalue weighted by molar-refractivity contribution is -0.138. The SMILES string of the molecule is CC(=O)N(CC(=O)NCCCc1ccccc1)C(C)(C)C. The zero-order chi connectivity index (χ0) is 15.9. The Morgan fingerprint density at radius 1 is 1.14 bits per heavy atom. The van der Waals surface area contributed by atoms with Crippen LogP contribution in [0.1, 0.15) is 39.7 Å². The van der Waals surface area contributed by atoms with Gasteiger partial charge < -0.3 is 10.2 Å². The number of carbonyl (C=O) groups excluding carboxylic acids is 2. The Hall–Kier alpha value is -1.84. The number of hydrogen-bond acceptors (Lipinski definition) is 2. The molecule has 1 aromatic carbocycles. The van der Waals surface area contributed by atoms with Crippen molar-refractivity contribution in [2.45, 2.75) is 46.1 Å². The fraction of sp³-hybridized carbons (Fsp3) is 0.529. The molecule has 0 radical (unpaired) electrons. The number of benzene rings is 1. The number of amides is 2. The molecule has 0 unspecified atom stereocenters. The molecule has 1 rings (SSSR count). The summed E-state index contributed by atoms with van der Waals surface area (Å²) in [4.78, 5) is 25.1. The van der Waals surface area contributed by atoms with Crippen LogP contribution in [0.15, 0.2) is 30.3 Å². The van der Waals surface area contributed by atoms with E-state index in [0.717, 1.165) is 12.8 Å². The molecule has 1 aromatic rings. The maximum absolute atomic E-state index is 11.9. The Morgan fingerprint density at radius 2 is 1.76 bits per heavy atom. The first-order valence-electron chi connectivity index (χ1n) is 7.39. The number of nitrogens with one attached hydrogen (secondary N) is 1. The molecule has 21 heavy (non-hydrogen) atoms. The lowest BCUT2D eigenvalue weighted by atomic mass is 10.1. The van der Waals surface area contributed by atoms with E-state index in [4.69, 9.17) is 0 Å². The van der Waals surface area contributed by atoms with Gasteiger partial charge in [0.05, 0.1) is 0 Å². The van der Waals surface area contributed by atoms with Gasteiger partial charge in [0.1, 0.15) is 6.54 Å². The van der Waals surface area contributed by atoms with Crippen LogP contribution < -0.4 is 5.32 Å². The molecule has 0 atom stereocenters. The minimum absolute atomic E-state index is 0.0815. The van der Waals surface area contributed by atoms with Crippen molar-refractivity contribution in [1.82, 2.24) is 10.2 Å². The Bertz CT molecular complexity index is 463. The van der Waals surface area contributed by atoms with Crippen molar-refractivity contribution >= 4 is 11.8 Å². The van der Waals surface area contributed by atoms with Gasteiger partial charge in [-0.3, -0.25) is 9.59 Å². The van der Waals surface area contributed by atoms with Crippen LogP contribution in [-0.4, -0.2) is 35.3 Å². The second-order valence-electron chi connectivity index (χ2n) is 6.22. The van der Waals surface area contributed by atoms with Crippen molar-refractivity contribution in [1.29, 1.82) is 0 Å². The lowest BCUT2D eigenvalue weighted by Crippen LogP contribution is -2.49. The van der Waals surface area contributed by atoms with Crippen LogP contribution in [0.3, 0.4) is 0 Å². The molecule has 0 spiro atoms. The van der Waals surface area contributed by atoms with E-state index in [1.165, 1.54) is 12.5 Å². The molecule has 0 heterocycles. The minimum atomic E-state index is -0.340. The second kappa shape index (κ2) is 7.81. The molecule has 0 bridgehead atoms. The number of hydrogen-bond donors (Lipinski definition) is 1. The summed E-state index contributed by atoms with van der Waals surface area (Å²) in [5.74, 6) is -0.185. The van der Waals surface area contributed by atoms with Crippen molar-refractivity contribution in [3.63, 3.8) is 0 Å². The molecule has 0 aliphatic carbocycles. The highest BCUT2D eigenvalue weighted by molar-refractivity contribution is 5.84. The van der Waals surface area contributed by atoms with Crippen LogP contribution in [0.5, 0.6) is 0 Å². The summed E-state index contributed by atoms with van der Waals surface area (Å²) in [5, 5.41) is 2.88. The fourth-order valence-corrected chi connectivity index (χ4v) is 2.19. The van der Waals surface area contributed by atoms with Crippen molar-refractivity contribution in [3.8, 4) is 0 Å². The Labute approximate surface area is 127 Å². The summed E-state index contributed by atoms with van der Waals surface area (Å²) in [6.45, 7) is 8.02. The first-order valence-corrected chi connectivity index (χ1v) is 7.39. The van der Waals surface area contributed by atoms with Crippen molar-refractivity contribution in [2.24, 2.45) is 0 Å². The van der Waals surface area contributed by atoms with Crippen molar-refractivity contribution < 1.29 is 9.59 Å². The quantitative estimate of drug-likeness (QED) is 0.818. The standard InChI is InChI=1S/C17H26N2O2/c1-14(20)19(17(2,3)4)13-16(21)18-12-8-11-15-9-6-5-7-10-15/h5-7,9-10H,8,11-13H2,1-4H3,(H,18,21). The minimum Gasteiger partial charge on any atom is -0.355 e.